The first kappa shape index (κ1) is 16.4. The highest BCUT2D eigenvalue weighted by atomic mass is 16.5. The van der Waals surface area contributed by atoms with Gasteiger partial charge in [0.15, 0.2) is 0 Å². The van der Waals surface area contributed by atoms with Crippen LogP contribution in [0.1, 0.15) is 18.4 Å². The summed E-state index contributed by atoms with van der Waals surface area (Å²) in [6, 6.07) is 9.55. The van der Waals surface area contributed by atoms with E-state index in [1.807, 2.05) is 24.3 Å². The fraction of sp³-hybridized carbons (Fsp3) is 0.389. The molecule has 1 atom stereocenters. The number of nitrogens with zero attached hydrogens (tertiary/aromatic N) is 3. The Morgan fingerprint density at radius 2 is 2.17 bits per heavy atom. The Morgan fingerprint density at radius 3 is 2.96 bits per heavy atom. The summed E-state index contributed by atoms with van der Waals surface area (Å²) in [5.41, 5.74) is 1.85. The van der Waals surface area contributed by atoms with Gasteiger partial charge in [-0.05, 0) is 36.6 Å². The first-order valence-electron chi connectivity index (χ1n) is 8.17. The van der Waals surface area contributed by atoms with Crippen LogP contribution in [0.2, 0.25) is 0 Å². The number of rotatable bonds is 5. The smallest absolute Gasteiger partial charge is 0.229 e. The van der Waals surface area contributed by atoms with E-state index in [-0.39, 0.29) is 11.8 Å². The molecule has 0 bridgehead atoms. The molecule has 0 spiro atoms. The van der Waals surface area contributed by atoms with Crippen molar-refractivity contribution < 1.29 is 9.53 Å². The van der Waals surface area contributed by atoms with Crippen LogP contribution in [-0.4, -0.2) is 36.1 Å². The Hall–Kier alpha value is -2.47. The lowest BCUT2D eigenvalue weighted by Crippen LogP contribution is -2.41. The lowest BCUT2D eigenvalue weighted by Gasteiger charge is -2.31. The summed E-state index contributed by atoms with van der Waals surface area (Å²) in [7, 11) is 1.66. The maximum atomic E-state index is 12.6. The van der Waals surface area contributed by atoms with E-state index in [2.05, 4.69) is 20.2 Å². The zero-order valence-corrected chi connectivity index (χ0v) is 13.8. The van der Waals surface area contributed by atoms with Crippen molar-refractivity contribution in [2.24, 2.45) is 5.92 Å². The third-order valence-electron chi connectivity index (χ3n) is 4.13. The average Bonchev–Trinajstić information content (AvgIpc) is 2.63. The minimum absolute atomic E-state index is 0.0465. The molecular weight excluding hydrogens is 304 g/mol. The monoisotopic (exact) mass is 326 g/mol. The standard InChI is InChI=1S/C18H22N4O2/c1-24-13-14-5-2-7-16(11-14)21-17(23)15-6-3-10-22(12-15)18-19-8-4-9-20-18/h2,4-5,7-9,11,15H,3,6,10,12-13H2,1H3,(H,21,23)/t15-/m1/s1. The van der Waals surface area contributed by atoms with Gasteiger partial charge in [-0.3, -0.25) is 4.79 Å². The summed E-state index contributed by atoms with van der Waals surface area (Å²) < 4.78 is 5.13. The van der Waals surface area contributed by atoms with E-state index in [4.69, 9.17) is 4.74 Å². The zero-order chi connectivity index (χ0) is 16.8. The van der Waals surface area contributed by atoms with Gasteiger partial charge < -0.3 is 15.0 Å². The molecule has 24 heavy (non-hydrogen) atoms. The molecule has 1 aromatic carbocycles. The van der Waals surface area contributed by atoms with Gasteiger partial charge in [0.1, 0.15) is 0 Å². The second-order valence-corrected chi connectivity index (χ2v) is 5.96. The molecule has 0 saturated carbocycles. The van der Waals surface area contributed by atoms with Gasteiger partial charge in [-0.15, -0.1) is 0 Å². The van der Waals surface area contributed by atoms with Gasteiger partial charge in [-0.2, -0.15) is 0 Å². The molecule has 1 saturated heterocycles. The third-order valence-corrected chi connectivity index (χ3v) is 4.13. The number of ether oxygens (including phenoxy) is 1. The molecule has 6 heteroatoms. The molecule has 1 N–H and O–H groups in total. The molecule has 2 heterocycles. The summed E-state index contributed by atoms with van der Waals surface area (Å²) in [5.74, 6) is 0.677. The van der Waals surface area contributed by atoms with E-state index < -0.39 is 0 Å². The summed E-state index contributed by atoms with van der Waals surface area (Å²) in [4.78, 5) is 23.2. The number of carbonyl (C=O) groups excluding carboxylic acids is 1. The first-order valence-corrected chi connectivity index (χ1v) is 8.17. The molecule has 3 rings (SSSR count). The van der Waals surface area contributed by atoms with Gasteiger partial charge in [-0.25, -0.2) is 9.97 Å². The van der Waals surface area contributed by atoms with Crippen LogP contribution in [0.4, 0.5) is 11.6 Å². The highest BCUT2D eigenvalue weighted by Gasteiger charge is 2.27. The van der Waals surface area contributed by atoms with Gasteiger partial charge in [0.25, 0.3) is 0 Å². The van der Waals surface area contributed by atoms with E-state index in [0.29, 0.717) is 19.1 Å². The molecule has 1 aliphatic heterocycles. The molecule has 0 aliphatic carbocycles. The van der Waals surface area contributed by atoms with Crippen molar-refractivity contribution in [3.05, 3.63) is 48.3 Å². The lowest BCUT2D eigenvalue weighted by atomic mass is 9.97. The van der Waals surface area contributed by atoms with Crippen LogP contribution in [0.5, 0.6) is 0 Å². The van der Waals surface area contributed by atoms with Crippen molar-refractivity contribution in [1.29, 1.82) is 0 Å². The van der Waals surface area contributed by atoms with E-state index in [1.165, 1.54) is 0 Å². The summed E-state index contributed by atoms with van der Waals surface area (Å²) in [6.45, 7) is 2.07. The lowest BCUT2D eigenvalue weighted by molar-refractivity contribution is -0.120. The summed E-state index contributed by atoms with van der Waals surface area (Å²) >= 11 is 0. The predicted octanol–water partition coefficient (Wildman–Crippen LogP) is 2.48. The zero-order valence-electron chi connectivity index (χ0n) is 13.8. The highest BCUT2D eigenvalue weighted by molar-refractivity contribution is 5.93. The number of hydrogen-bond acceptors (Lipinski definition) is 5. The SMILES string of the molecule is COCc1cccc(NC(=O)[C@@H]2CCCN(c3ncccn3)C2)c1. The number of aromatic nitrogens is 2. The van der Waals surface area contributed by atoms with Gasteiger partial charge >= 0.3 is 0 Å². The van der Waals surface area contributed by atoms with Gasteiger partial charge in [0.2, 0.25) is 11.9 Å². The van der Waals surface area contributed by atoms with Crippen LogP contribution < -0.4 is 10.2 Å². The maximum Gasteiger partial charge on any atom is 0.229 e. The highest BCUT2D eigenvalue weighted by Crippen LogP contribution is 2.22. The fourth-order valence-electron chi connectivity index (χ4n) is 2.98. The molecule has 0 unspecified atom stereocenters. The molecule has 6 nitrogen and oxygen atoms in total. The largest absolute Gasteiger partial charge is 0.380 e. The number of amides is 1. The van der Waals surface area contributed by atoms with Gasteiger partial charge in [0, 0.05) is 38.3 Å². The Kier molecular flexibility index (Phi) is 5.38. The second kappa shape index (κ2) is 7.88. The number of nitrogens with one attached hydrogen (secondary N) is 1. The third kappa shape index (κ3) is 4.08. The minimum atomic E-state index is -0.0614. The number of piperidine rings is 1. The number of anilines is 2. The van der Waals surface area contributed by atoms with Gasteiger partial charge in [0.05, 0.1) is 12.5 Å². The fourth-order valence-corrected chi connectivity index (χ4v) is 2.98. The van der Waals surface area contributed by atoms with Crippen molar-refractivity contribution in [2.45, 2.75) is 19.4 Å². The van der Waals surface area contributed by atoms with Crippen LogP contribution >= 0.6 is 0 Å². The van der Waals surface area contributed by atoms with Gasteiger partial charge in [-0.1, -0.05) is 12.1 Å². The Labute approximate surface area is 141 Å². The second-order valence-electron chi connectivity index (χ2n) is 5.96. The number of hydrogen-bond donors (Lipinski definition) is 1. The Balaban J connectivity index is 1.63. The normalized spacial score (nSPS) is 17.5. The topological polar surface area (TPSA) is 67.3 Å². The molecule has 1 aliphatic rings. The summed E-state index contributed by atoms with van der Waals surface area (Å²) in [5, 5.41) is 3.02. The van der Waals surface area contributed by atoms with Crippen molar-refractivity contribution in [2.75, 3.05) is 30.4 Å². The van der Waals surface area contributed by atoms with E-state index in [9.17, 15) is 4.79 Å². The maximum absolute atomic E-state index is 12.6. The molecule has 126 valence electrons. The van der Waals surface area contributed by atoms with Crippen molar-refractivity contribution in [3.63, 3.8) is 0 Å². The van der Waals surface area contributed by atoms with Crippen molar-refractivity contribution in [1.82, 2.24) is 9.97 Å². The van der Waals surface area contributed by atoms with Crippen LogP contribution in [-0.2, 0) is 16.1 Å². The predicted molar refractivity (Wildman–Crippen MR) is 92.8 cm³/mol. The van der Waals surface area contributed by atoms with Crippen molar-refractivity contribution >= 4 is 17.5 Å². The van der Waals surface area contributed by atoms with Crippen LogP contribution in [0, 0.1) is 5.92 Å². The Morgan fingerprint density at radius 1 is 1.33 bits per heavy atom. The van der Waals surface area contributed by atoms with E-state index >= 15 is 0 Å². The molecule has 2 aromatic rings. The minimum Gasteiger partial charge on any atom is -0.380 e. The Bertz CT molecular complexity index is 678. The van der Waals surface area contributed by atoms with E-state index in [0.717, 1.165) is 30.6 Å². The number of carbonyl (C=O) groups is 1. The molecule has 1 aromatic heterocycles. The van der Waals surface area contributed by atoms with Crippen molar-refractivity contribution in [3.8, 4) is 0 Å². The van der Waals surface area contributed by atoms with Crippen LogP contribution in [0.25, 0.3) is 0 Å². The number of methoxy groups -OCH3 is 1. The first-order chi connectivity index (χ1) is 11.8. The van der Waals surface area contributed by atoms with Crippen LogP contribution in [0.3, 0.4) is 0 Å². The molecule has 1 fully saturated rings. The summed E-state index contributed by atoms with van der Waals surface area (Å²) in [6.07, 6.45) is 5.30. The van der Waals surface area contributed by atoms with Crippen LogP contribution in [0.15, 0.2) is 42.7 Å². The average molecular weight is 326 g/mol. The number of benzene rings is 1. The molecule has 1 amide bonds. The molecule has 0 radical (unpaired) electrons. The quantitative estimate of drug-likeness (QED) is 0.914. The molecular formula is C18H22N4O2. The van der Waals surface area contributed by atoms with E-state index in [1.54, 1.807) is 25.6 Å².